The van der Waals surface area contributed by atoms with Crippen LogP contribution in [0.1, 0.15) is 18.4 Å². The number of benzene rings is 1. The fourth-order valence-corrected chi connectivity index (χ4v) is 1.99. The number of aliphatic hydroxyl groups is 1. The smallest absolute Gasteiger partial charge is 0.220 e. The zero-order chi connectivity index (χ0) is 11.8. The first-order valence-electron chi connectivity index (χ1n) is 5.27. The molecule has 0 aliphatic carbocycles. The Bertz CT molecular complexity index is 342. The van der Waals surface area contributed by atoms with Crippen LogP contribution in [0.3, 0.4) is 0 Å². The standard InChI is InChI=1S/C12H17NO2S/c1-16-11-6-3-2-5-10(11)9-13-12(15)7-4-8-14/h2-3,5-6,14H,4,7-9H2,1H3,(H,13,15). The normalized spacial score (nSPS) is 10.1. The third-order valence-electron chi connectivity index (χ3n) is 2.23. The molecule has 0 fully saturated rings. The number of hydrogen-bond acceptors (Lipinski definition) is 3. The van der Waals surface area contributed by atoms with E-state index in [0.29, 0.717) is 19.4 Å². The van der Waals surface area contributed by atoms with E-state index < -0.39 is 0 Å². The minimum absolute atomic E-state index is 0.00930. The highest BCUT2D eigenvalue weighted by Crippen LogP contribution is 2.19. The van der Waals surface area contributed by atoms with Crippen LogP contribution in [-0.2, 0) is 11.3 Å². The fraction of sp³-hybridized carbons (Fsp3) is 0.417. The van der Waals surface area contributed by atoms with Gasteiger partial charge in [-0.25, -0.2) is 0 Å². The molecular formula is C12H17NO2S. The number of aliphatic hydroxyl groups excluding tert-OH is 1. The van der Waals surface area contributed by atoms with E-state index in [1.54, 1.807) is 11.8 Å². The Hall–Kier alpha value is -1.00. The van der Waals surface area contributed by atoms with Gasteiger partial charge in [0.1, 0.15) is 0 Å². The molecule has 0 aromatic heterocycles. The summed E-state index contributed by atoms with van der Waals surface area (Å²) in [7, 11) is 0. The van der Waals surface area contributed by atoms with Gasteiger partial charge in [-0.3, -0.25) is 4.79 Å². The molecule has 0 saturated heterocycles. The maximum absolute atomic E-state index is 11.3. The molecular weight excluding hydrogens is 222 g/mol. The maximum Gasteiger partial charge on any atom is 0.220 e. The van der Waals surface area contributed by atoms with Gasteiger partial charge in [-0.05, 0) is 24.3 Å². The third-order valence-corrected chi connectivity index (χ3v) is 3.07. The van der Waals surface area contributed by atoms with Gasteiger partial charge in [0.05, 0.1) is 0 Å². The predicted octanol–water partition coefficient (Wildman–Crippen LogP) is 1.80. The summed E-state index contributed by atoms with van der Waals surface area (Å²) in [5, 5.41) is 11.4. The molecule has 0 radical (unpaired) electrons. The van der Waals surface area contributed by atoms with E-state index in [9.17, 15) is 4.79 Å². The SMILES string of the molecule is CSc1ccccc1CNC(=O)CCCO. The van der Waals surface area contributed by atoms with E-state index in [4.69, 9.17) is 5.11 Å². The van der Waals surface area contributed by atoms with E-state index in [0.717, 1.165) is 5.56 Å². The predicted molar refractivity (Wildman–Crippen MR) is 66.4 cm³/mol. The summed E-state index contributed by atoms with van der Waals surface area (Å²) in [6.45, 7) is 0.621. The molecule has 4 heteroatoms. The first-order chi connectivity index (χ1) is 7.77. The Morgan fingerprint density at radius 1 is 1.44 bits per heavy atom. The molecule has 0 aliphatic heterocycles. The highest BCUT2D eigenvalue weighted by atomic mass is 32.2. The van der Waals surface area contributed by atoms with Gasteiger partial charge in [0.2, 0.25) is 5.91 Å². The second kappa shape index (κ2) is 7.30. The second-order valence-electron chi connectivity index (χ2n) is 3.42. The molecule has 0 spiro atoms. The molecule has 0 bridgehead atoms. The lowest BCUT2D eigenvalue weighted by molar-refractivity contribution is -0.121. The van der Waals surface area contributed by atoms with Crippen LogP contribution in [0.2, 0.25) is 0 Å². The van der Waals surface area contributed by atoms with Gasteiger partial charge in [0, 0.05) is 24.5 Å². The average Bonchev–Trinajstić information content (AvgIpc) is 2.34. The first-order valence-corrected chi connectivity index (χ1v) is 6.50. The number of hydrogen-bond donors (Lipinski definition) is 2. The molecule has 0 atom stereocenters. The molecule has 0 unspecified atom stereocenters. The van der Waals surface area contributed by atoms with Crippen molar-refractivity contribution in [1.82, 2.24) is 5.32 Å². The lowest BCUT2D eigenvalue weighted by Gasteiger charge is -2.08. The van der Waals surface area contributed by atoms with Crippen molar-refractivity contribution in [2.24, 2.45) is 0 Å². The summed E-state index contributed by atoms with van der Waals surface area (Å²) in [4.78, 5) is 12.5. The molecule has 0 aliphatic rings. The number of amides is 1. The second-order valence-corrected chi connectivity index (χ2v) is 4.26. The van der Waals surface area contributed by atoms with Crippen molar-refractivity contribution in [2.45, 2.75) is 24.3 Å². The fourth-order valence-electron chi connectivity index (χ4n) is 1.37. The molecule has 0 heterocycles. The van der Waals surface area contributed by atoms with Gasteiger partial charge >= 0.3 is 0 Å². The molecule has 0 saturated carbocycles. The molecule has 1 amide bonds. The van der Waals surface area contributed by atoms with Gasteiger partial charge in [0.15, 0.2) is 0 Å². The van der Waals surface area contributed by atoms with Crippen LogP contribution in [0, 0.1) is 0 Å². The quantitative estimate of drug-likeness (QED) is 0.744. The van der Waals surface area contributed by atoms with Crippen molar-refractivity contribution in [3.63, 3.8) is 0 Å². The maximum atomic E-state index is 11.3. The topological polar surface area (TPSA) is 49.3 Å². The lowest BCUT2D eigenvalue weighted by atomic mass is 10.2. The Balaban J connectivity index is 2.44. The van der Waals surface area contributed by atoms with Crippen LogP contribution >= 0.6 is 11.8 Å². The monoisotopic (exact) mass is 239 g/mol. The van der Waals surface area contributed by atoms with Crippen LogP contribution < -0.4 is 5.32 Å². The van der Waals surface area contributed by atoms with Gasteiger partial charge in [-0.2, -0.15) is 0 Å². The first kappa shape index (κ1) is 13.1. The highest BCUT2D eigenvalue weighted by molar-refractivity contribution is 7.98. The number of carbonyl (C=O) groups is 1. The van der Waals surface area contributed by atoms with E-state index in [1.807, 2.05) is 30.5 Å². The van der Waals surface area contributed by atoms with Crippen molar-refractivity contribution < 1.29 is 9.90 Å². The van der Waals surface area contributed by atoms with E-state index in [-0.39, 0.29) is 12.5 Å². The van der Waals surface area contributed by atoms with Gasteiger partial charge in [-0.1, -0.05) is 18.2 Å². The van der Waals surface area contributed by atoms with Crippen molar-refractivity contribution in [3.8, 4) is 0 Å². The Kier molecular flexibility index (Phi) is 5.96. The van der Waals surface area contributed by atoms with Crippen LogP contribution in [0.25, 0.3) is 0 Å². The zero-order valence-corrected chi connectivity index (χ0v) is 10.2. The Labute approximate surface area is 100 Å². The Morgan fingerprint density at radius 3 is 2.88 bits per heavy atom. The number of nitrogens with one attached hydrogen (secondary N) is 1. The van der Waals surface area contributed by atoms with Crippen molar-refractivity contribution in [1.29, 1.82) is 0 Å². The van der Waals surface area contributed by atoms with E-state index in [2.05, 4.69) is 5.32 Å². The largest absolute Gasteiger partial charge is 0.396 e. The van der Waals surface area contributed by atoms with Crippen molar-refractivity contribution in [3.05, 3.63) is 29.8 Å². The zero-order valence-electron chi connectivity index (χ0n) is 9.40. The molecule has 1 rings (SSSR count). The summed E-state index contributed by atoms with van der Waals surface area (Å²) in [5.74, 6) is -0.00930. The highest BCUT2D eigenvalue weighted by Gasteiger charge is 2.03. The summed E-state index contributed by atoms with van der Waals surface area (Å²) < 4.78 is 0. The van der Waals surface area contributed by atoms with E-state index >= 15 is 0 Å². The molecule has 2 N–H and O–H groups in total. The van der Waals surface area contributed by atoms with E-state index in [1.165, 1.54) is 4.90 Å². The van der Waals surface area contributed by atoms with Gasteiger partial charge in [-0.15, -0.1) is 11.8 Å². The van der Waals surface area contributed by atoms with Gasteiger partial charge in [0.25, 0.3) is 0 Å². The van der Waals surface area contributed by atoms with Crippen LogP contribution in [0.4, 0.5) is 0 Å². The molecule has 1 aromatic rings. The molecule has 16 heavy (non-hydrogen) atoms. The Morgan fingerprint density at radius 2 is 2.19 bits per heavy atom. The number of thioether (sulfide) groups is 1. The number of carbonyl (C=O) groups excluding carboxylic acids is 1. The molecule has 88 valence electrons. The van der Waals surface area contributed by atoms with Crippen molar-refractivity contribution >= 4 is 17.7 Å². The summed E-state index contributed by atoms with van der Waals surface area (Å²) in [6.07, 6.45) is 2.93. The lowest BCUT2D eigenvalue weighted by Crippen LogP contribution is -2.22. The van der Waals surface area contributed by atoms with Crippen LogP contribution in [0.5, 0.6) is 0 Å². The molecule has 3 nitrogen and oxygen atoms in total. The molecule has 1 aromatic carbocycles. The summed E-state index contributed by atoms with van der Waals surface area (Å²) in [6, 6.07) is 8.01. The summed E-state index contributed by atoms with van der Waals surface area (Å²) >= 11 is 1.67. The third kappa shape index (κ3) is 4.24. The minimum Gasteiger partial charge on any atom is -0.396 e. The average molecular weight is 239 g/mol. The summed E-state index contributed by atoms with van der Waals surface area (Å²) in [5.41, 5.74) is 1.13. The number of rotatable bonds is 6. The van der Waals surface area contributed by atoms with Crippen LogP contribution in [-0.4, -0.2) is 23.9 Å². The van der Waals surface area contributed by atoms with Gasteiger partial charge < -0.3 is 10.4 Å². The van der Waals surface area contributed by atoms with Crippen molar-refractivity contribution in [2.75, 3.05) is 12.9 Å². The minimum atomic E-state index is -0.00930. The van der Waals surface area contributed by atoms with Crippen LogP contribution in [0.15, 0.2) is 29.2 Å².